The number of halogens is 1. The Morgan fingerprint density at radius 1 is 0.957 bits per heavy atom. The van der Waals surface area contributed by atoms with Crippen molar-refractivity contribution in [1.82, 2.24) is 5.32 Å². The largest absolute Gasteiger partial charge is 0.478 e. The quantitative estimate of drug-likeness (QED) is 0.0993. The molecule has 6 N–H and O–H groups in total. The molecule has 0 saturated heterocycles. The molecule has 16 heteroatoms. The smallest absolute Gasteiger partial charge is 0.336 e. The third-order valence-corrected chi connectivity index (χ3v) is 6.89. The van der Waals surface area contributed by atoms with E-state index in [1.54, 1.807) is 56.3 Å². The van der Waals surface area contributed by atoms with E-state index >= 15 is 0 Å². The monoisotopic (exact) mass is 682 g/mol. The molecular weight excluding hydrogens is 648 g/mol. The van der Waals surface area contributed by atoms with Crippen LogP contribution in [0.25, 0.3) is 0 Å². The number of nitrogens with two attached hydrogens (primary N) is 1. The third kappa shape index (κ3) is 12.8. The Kier molecular flexibility index (Phi) is 17.0. The molecule has 0 saturated carbocycles. The zero-order valence-electron chi connectivity index (χ0n) is 25.1. The van der Waals surface area contributed by atoms with E-state index in [1.165, 1.54) is 19.2 Å². The highest BCUT2D eigenvalue weighted by molar-refractivity contribution is 7.85. The fraction of sp³-hybridized carbons (Fsp3) is 0.267. The minimum absolute atomic E-state index is 0.0741. The van der Waals surface area contributed by atoms with Crippen LogP contribution in [0.4, 0.5) is 0 Å². The zero-order chi connectivity index (χ0) is 34.9. The molecule has 2 aromatic rings. The van der Waals surface area contributed by atoms with Gasteiger partial charge >= 0.3 is 23.9 Å². The summed E-state index contributed by atoms with van der Waals surface area (Å²) >= 11 is 6.42. The molecule has 1 aliphatic heterocycles. The summed E-state index contributed by atoms with van der Waals surface area (Å²) in [5.41, 5.74) is 7.70. The summed E-state index contributed by atoms with van der Waals surface area (Å²) in [6, 6.07) is 14.5. The lowest BCUT2D eigenvalue weighted by atomic mass is 9.80. The summed E-state index contributed by atoms with van der Waals surface area (Å²) in [6.45, 7) is 4.42. The number of methoxy groups -OCH3 is 1. The number of carbonyl (C=O) groups excluding carboxylic acids is 2. The van der Waals surface area contributed by atoms with Gasteiger partial charge in [0.1, 0.15) is 0 Å². The first-order chi connectivity index (χ1) is 21.7. The van der Waals surface area contributed by atoms with Gasteiger partial charge in [-0.05, 0) is 37.6 Å². The third-order valence-electron chi connectivity index (χ3n) is 5.68. The van der Waals surface area contributed by atoms with E-state index in [0.29, 0.717) is 52.9 Å². The van der Waals surface area contributed by atoms with E-state index in [4.69, 9.17) is 46.3 Å². The first-order valence-electron chi connectivity index (χ1n) is 13.3. The van der Waals surface area contributed by atoms with Gasteiger partial charge in [-0.3, -0.25) is 4.55 Å². The zero-order valence-corrected chi connectivity index (χ0v) is 26.7. The highest BCUT2D eigenvalue weighted by Crippen LogP contribution is 2.41. The van der Waals surface area contributed by atoms with Gasteiger partial charge in [-0.2, -0.15) is 8.42 Å². The van der Waals surface area contributed by atoms with Crippen molar-refractivity contribution >= 4 is 45.6 Å². The van der Waals surface area contributed by atoms with Crippen molar-refractivity contribution in [2.45, 2.75) is 24.7 Å². The summed E-state index contributed by atoms with van der Waals surface area (Å²) < 4.78 is 45.0. The number of rotatable bonds is 11. The number of esters is 2. The second kappa shape index (κ2) is 19.8. The molecule has 0 radical (unpaired) electrons. The van der Waals surface area contributed by atoms with Gasteiger partial charge in [0.25, 0.3) is 10.1 Å². The topological polar surface area (TPSA) is 229 Å². The molecule has 1 heterocycles. The molecule has 0 aliphatic carbocycles. The summed E-state index contributed by atoms with van der Waals surface area (Å²) in [6.07, 6.45) is 1.12. The Bertz CT molecular complexity index is 1560. The van der Waals surface area contributed by atoms with E-state index in [2.05, 4.69) is 5.32 Å². The van der Waals surface area contributed by atoms with Crippen molar-refractivity contribution in [2.24, 2.45) is 5.73 Å². The van der Waals surface area contributed by atoms with Crippen molar-refractivity contribution in [2.75, 3.05) is 33.5 Å². The number of carboxylic acids is 2. The summed E-state index contributed by atoms with van der Waals surface area (Å²) in [5.74, 6) is -4.38. The van der Waals surface area contributed by atoms with E-state index in [9.17, 15) is 27.6 Å². The number of allylic oxidation sites excluding steroid dienone is 1. The van der Waals surface area contributed by atoms with Crippen LogP contribution in [-0.4, -0.2) is 80.5 Å². The number of carboxylic acid groups (broad SMARTS) is 2. The fourth-order valence-corrected chi connectivity index (χ4v) is 4.60. The van der Waals surface area contributed by atoms with Crippen LogP contribution in [0.5, 0.6) is 0 Å². The number of dihydropyridines is 1. The number of ether oxygens (including phenoxy) is 3. The van der Waals surface area contributed by atoms with Gasteiger partial charge in [-0.25, -0.2) is 19.2 Å². The molecule has 0 spiro atoms. The Hall–Kier alpha value is -4.54. The predicted octanol–water partition coefficient (Wildman–Crippen LogP) is 2.91. The van der Waals surface area contributed by atoms with Crippen molar-refractivity contribution < 1.29 is 56.6 Å². The molecule has 0 bridgehead atoms. The van der Waals surface area contributed by atoms with Crippen LogP contribution >= 0.6 is 11.6 Å². The molecule has 2 aromatic carbocycles. The standard InChI is InChI=1S/C20H25ClN2O5.C6H6O3S.C4H4O4/c1-4-28-20(25)18-15(11-27-10-9-22)23-12(2)16(19(24)26-3)17(18)13-7-5-6-8-14(13)21;7-10(8,9)6-4-2-1-3-5-6;5-3(6)1-2-4(7)8/h5-8,17,23H,4,9-11,22H2,1-3H3;1-5H,(H,7,8,9);1-2H,(H,5,6)(H,7,8)/b;;2-1-. The summed E-state index contributed by atoms with van der Waals surface area (Å²) in [5, 5.41) is 19.1. The van der Waals surface area contributed by atoms with Crippen LogP contribution < -0.4 is 11.1 Å². The number of carbonyl (C=O) groups is 4. The molecule has 0 fully saturated rings. The average Bonchev–Trinajstić information content (AvgIpc) is 3.00. The van der Waals surface area contributed by atoms with Crippen LogP contribution in [0.2, 0.25) is 5.02 Å². The van der Waals surface area contributed by atoms with Crippen molar-refractivity contribution in [3.63, 3.8) is 0 Å². The average molecular weight is 683 g/mol. The highest BCUT2D eigenvalue weighted by Gasteiger charge is 2.39. The number of benzene rings is 2. The Labute approximate surface area is 270 Å². The van der Waals surface area contributed by atoms with E-state index in [-0.39, 0.29) is 23.7 Å². The molecule has 46 heavy (non-hydrogen) atoms. The SMILES string of the molecule is CCOC(=O)C1=C(COCCN)NC(C)=C(C(=O)OC)C1c1ccccc1Cl.O=C(O)/C=C\C(=O)O.O=S(=O)(O)c1ccccc1. The van der Waals surface area contributed by atoms with Gasteiger partial charge in [-0.1, -0.05) is 48.0 Å². The number of nitrogens with one attached hydrogen (secondary N) is 1. The Balaban J connectivity index is 0.000000477. The first-order valence-corrected chi connectivity index (χ1v) is 15.2. The maximum absolute atomic E-state index is 12.9. The van der Waals surface area contributed by atoms with Crippen LogP contribution in [0, 0.1) is 0 Å². The van der Waals surface area contributed by atoms with E-state index in [0.717, 1.165) is 0 Å². The second-order valence-electron chi connectivity index (χ2n) is 8.86. The molecule has 0 aromatic heterocycles. The van der Waals surface area contributed by atoms with Gasteiger partial charge in [0, 0.05) is 29.4 Å². The first kappa shape index (κ1) is 39.5. The van der Waals surface area contributed by atoms with Gasteiger partial charge < -0.3 is 35.5 Å². The lowest BCUT2D eigenvalue weighted by Gasteiger charge is -2.31. The van der Waals surface area contributed by atoms with Gasteiger partial charge in [0.2, 0.25) is 0 Å². The lowest BCUT2D eigenvalue weighted by molar-refractivity contribution is -0.139. The van der Waals surface area contributed by atoms with Crippen LogP contribution in [-0.2, 0) is 43.5 Å². The minimum atomic E-state index is -4.00. The van der Waals surface area contributed by atoms with Crippen LogP contribution in [0.1, 0.15) is 25.3 Å². The van der Waals surface area contributed by atoms with Crippen molar-refractivity contribution in [3.05, 3.63) is 99.9 Å². The number of hydrogen-bond acceptors (Lipinski definition) is 11. The molecule has 1 unspecified atom stereocenters. The maximum Gasteiger partial charge on any atom is 0.336 e. The highest BCUT2D eigenvalue weighted by atomic mass is 35.5. The molecule has 250 valence electrons. The number of hydrogen-bond donors (Lipinski definition) is 5. The van der Waals surface area contributed by atoms with E-state index < -0.39 is 39.9 Å². The molecule has 1 atom stereocenters. The van der Waals surface area contributed by atoms with Gasteiger partial charge in [0.15, 0.2) is 0 Å². The number of aliphatic carboxylic acids is 2. The second-order valence-corrected chi connectivity index (χ2v) is 10.7. The maximum atomic E-state index is 12.9. The molecule has 0 amide bonds. The molecular formula is C30H35ClN2O12S. The molecule has 1 aliphatic rings. The van der Waals surface area contributed by atoms with Gasteiger partial charge in [0.05, 0.1) is 54.6 Å². The fourth-order valence-electron chi connectivity index (χ4n) is 3.85. The Morgan fingerprint density at radius 2 is 1.52 bits per heavy atom. The molecule has 3 rings (SSSR count). The normalized spacial score (nSPS) is 14.3. The molecule has 14 nitrogen and oxygen atoms in total. The van der Waals surface area contributed by atoms with E-state index in [1.807, 2.05) is 0 Å². The van der Waals surface area contributed by atoms with Gasteiger partial charge in [-0.15, -0.1) is 0 Å². The van der Waals surface area contributed by atoms with Crippen molar-refractivity contribution in [1.29, 1.82) is 0 Å². The van der Waals surface area contributed by atoms with Crippen molar-refractivity contribution in [3.8, 4) is 0 Å². The predicted molar refractivity (Wildman–Crippen MR) is 166 cm³/mol. The van der Waals surface area contributed by atoms with Crippen LogP contribution in [0.15, 0.2) is 94.2 Å². The lowest BCUT2D eigenvalue weighted by Crippen LogP contribution is -2.35. The summed E-state index contributed by atoms with van der Waals surface area (Å²) in [7, 11) is -2.71. The summed E-state index contributed by atoms with van der Waals surface area (Å²) in [4.78, 5) is 44.5. The minimum Gasteiger partial charge on any atom is -0.478 e. The van der Waals surface area contributed by atoms with Crippen LogP contribution in [0.3, 0.4) is 0 Å². The Morgan fingerprint density at radius 3 is 1.98 bits per heavy atom.